The highest BCUT2D eigenvalue weighted by molar-refractivity contribution is 6.29. The molecular weight excluding hydrogens is 300 g/mol. The Hall–Kier alpha value is -2.66. The minimum Gasteiger partial charge on any atom is -0.497 e. The Morgan fingerprint density at radius 3 is 2.77 bits per heavy atom. The van der Waals surface area contributed by atoms with Crippen LogP contribution in [0.4, 0.5) is 11.5 Å². The SMILES string of the molecule is COc1cccc(Nc2cc(Cl)nc(-c3cccnc3)n2)c1. The van der Waals surface area contributed by atoms with Crippen molar-refractivity contribution in [3.63, 3.8) is 0 Å². The van der Waals surface area contributed by atoms with Gasteiger partial charge in [-0.3, -0.25) is 4.98 Å². The summed E-state index contributed by atoms with van der Waals surface area (Å²) in [5.41, 5.74) is 1.66. The molecule has 0 aliphatic rings. The van der Waals surface area contributed by atoms with Gasteiger partial charge in [0.15, 0.2) is 5.82 Å². The molecule has 1 aromatic carbocycles. The maximum Gasteiger partial charge on any atom is 0.164 e. The van der Waals surface area contributed by atoms with Crippen LogP contribution in [0.2, 0.25) is 5.15 Å². The van der Waals surface area contributed by atoms with Gasteiger partial charge in [0.1, 0.15) is 16.7 Å². The van der Waals surface area contributed by atoms with Gasteiger partial charge in [0.25, 0.3) is 0 Å². The molecule has 0 amide bonds. The van der Waals surface area contributed by atoms with E-state index in [0.29, 0.717) is 16.8 Å². The molecule has 0 radical (unpaired) electrons. The highest BCUT2D eigenvalue weighted by Gasteiger charge is 2.06. The summed E-state index contributed by atoms with van der Waals surface area (Å²) in [5, 5.41) is 3.55. The van der Waals surface area contributed by atoms with Crippen LogP contribution in [0, 0.1) is 0 Å². The molecule has 0 aliphatic heterocycles. The van der Waals surface area contributed by atoms with Crippen molar-refractivity contribution in [2.24, 2.45) is 0 Å². The number of halogens is 1. The van der Waals surface area contributed by atoms with E-state index in [2.05, 4.69) is 20.3 Å². The van der Waals surface area contributed by atoms with Crippen LogP contribution < -0.4 is 10.1 Å². The predicted molar refractivity (Wildman–Crippen MR) is 86.5 cm³/mol. The summed E-state index contributed by atoms with van der Waals surface area (Å²) in [7, 11) is 1.63. The molecule has 0 saturated carbocycles. The zero-order chi connectivity index (χ0) is 15.4. The van der Waals surface area contributed by atoms with E-state index in [4.69, 9.17) is 16.3 Å². The summed E-state index contributed by atoms with van der Waals surface area (Å²) in [4.78, 5) is 12.8. The first kappa shape index (κ1) is 14.3. The Bertz CT molecular complexity index is 780. The van der Waals surface area contributed by atoms with Crippen molar-refractivity contribution in [3.8, 4) is 17.1 Å². The number of pyridine rings is 1. The molecule has 5 nitrogen and oxygen atoms in total. The van der Waals surface area contributed by atoms with Crippen molar-refractivity contribution < 1.29 is 4.74 Å². The minimum absolute atomic E-state index is 0.360. The van der Waals surface area contributed by atoms with E-state index in [0.717, 1.165) is 17.0 Å². The van der Waals surface area contributed by atoms with Crippen LogP contribution in [0.5, 0.6) is 5.75 Å². The van der Waals surface area contributed by atoms with Crippen LogP contribution in [-0.2, 0) is 0 Å². The molecule has 3 aromatic rings. The standard InChI is InChI=1S/C16H13ClN4O/c1-22-13-6-2-5-12(8-13)19-15-9-14(17)20-16(21-15)11-4-3-7-18-10-11/h2-10H,1H3,(H,19,20,21). The summed E-state index contributed by atoms with van der Waals surface area (Å²) in [6.45, 7) is 0. The predicted octanol–water partition coefficient (Wildman–Crippen LogP) is 3.94. The number of aromatic nitrogens is 3. The number of hydrogen-bond donors (Lipinski definition) is 1. The van der Waals surface area contributed by atoms with Gasteiger partial charge >= 0.3 is 0 Å². The average molecular weight is 313 g/mol. The molecule has 6 heteroatoms. The second-order valence-corrected chi connectivity index (χ2v) is 4.89. The van der Waals surface area contributed by atoms with Crippen LogP contribution in [-0.4, -0.2) is 22.1 Å². The molecule has 22 heavy (non-hydrogen) atoms. The summed E-state index contributed by atoms with van der Waals surface area (Å²) >= 11 is 6.09. The highest BCUT2D eigenvalue weighted by Crippen LogP contribution is 2.24. The van der Waals surface area contributed by atoms with E-state index in [-0.39, 0.29) is 0 Å². The highest BCUT2D eigenvalue weighted by atomic mass is 35.5. The van der Waals surface area contributed by atoms with Gasteiger partial charge in [-0.15, -0.1) is 0 Å². The number of ether oxygens (including phenoxy) is 1. The summed E-state index contributed by atoms with van der Waals surface area (Å²) in [6.07, 6.45) is 3.39. The first-order valence-corrected chi connectivity index (χ1v) is 6.98. The quantitative estimate of drug-likeness (QED) is 0.739. The monoisotopic (exact) mass is 312 g/mol. The third-order valence-electron chi connectivity index (χ3n) is 2.96. The fraction of sp³-hybridized carbons (Fsp3) is 0.0625. The molecule has 0 unspecified atom stereocenters. The number of nitrogens with one attached hydrogen (secondary N) is 1. The first-order chi connectivity index (χ1) is 10.7. The topological polar surface area (TPSA) is 59.9 Å². The fourth-order valence-corrected chi connectivity index (χ4v) is 2.14. The summed E-state index contributed by atoms with van der Waals surface area (Å²) in [6, 6.07) is 12.9. The second-order valence-electron chi connectivity index (χ2n) is 4.50. The van der Waals surface area contributed by atoms with Gasteiger partial charge in [0.2, 0.25) is 0 Å². The van der Waals surface area contributed by atoms with Gasteiger partial charge in [0.05, 0.1) is 7.11 Å². The lowest BCUT2D eigenvalue weighted by Gasteiger charge is -2.09. The lowest BCUT2D eigenvalue weighted by Crippen LogP contribution is -1.98. The van der Waals surface area contributed by atoms with Crippen LogP contribution in [0.1, 0.15) is 0 Å². The molecule has 110 valence electrons. The van der Waals surface area contributed by atoms with Gasteiger partial charge in [0, 0.05) is 35.8 Å². The van der Waals surface area contributed by atoms with Crippen molar-refractivity contribution in [2.45, 2.75) is 0 Å². The first-order valence-electron chi connectivity index (χ1n) is 6.60. The number of hydrogen-bond acceptors (Lipinski definition) is 5. The van der Waals surface area contributed by atoms with Gasteiger partial charge in [-0.05, 0) is 24.3 Å². The fourth-order valence-electron chi connectivity index (χ4n) is 1.95. The maximum atomic E-state index is 6.09. The Balaban J connectivity index is 1.92. The molecule has 0 aliphatic carbocycles. The lowest BCUT2D eigenvalue weighted by atomic mass is 10.2. The summed E-state index contributed by atoms with van der Waals surface area (Å²) in [5.74, 6) is 1.88. The zero-order valence-corrected chi connectivity index (χ0v) is 12.6. The number of nitrogens with zero attached hydrogens (tertiary/aromatic N) is 3. The van der Waals surface area contributed by atoms with Crippen LogP contribution in [0.3, 0.4) is 0 Å². The molecule has 3 rings (SSSR count). The van der Waals surface area contributed by atoms with Gasteiger partial charge in [-0.1, -0.05) is 17.7 Å². The van der Waals surface area contributed by atoms with E-state index in [1.807, 2.05) is 36.4 Å². The van der Waals surface area contributed by atoms with Crippen molar-refractivity contribution >= 4 is 23.1 Å². The van der Waals surface area contributed by atoms with Crippen molar-refractivity contribution in [2.75, 3.05) is 12.4 Å². The number of rotatable bonds is 4. The third kappa shape index (κ3) is 3.32. The average Bonchev–Trinajstić information content (AvgIpc) is 2.55. The van der Waals surface area contributed by atoms with Crippen LogP contribution in [0.15, 0.2) is 54.9 Å². The van der Waals surface area contributed by atoms with Gasteiger partial charge in [-0.25, -0.2) is 9.97 Å². The smallest absolute Gasteiger partial charge is 0.164 e. The molecule has 0 atom stereocenters. The molecule has 0 spiro atoms. The second kappa shape index (κ2) is 6.41. The molecule has 2 heterocycles. The van der Waals surface area contributed by atoms with E-state index < -0.39 is 0 Å². The van der Waals surface area contributed by atoms with Crippen molar-refractivity contribution in [3.05, 3.63) is 60.0 Å². The van der Waals surface area contributed by atoms with Crippen molar-refractivity contribution in [1.82, 2.24) is 15.0 Å². The Morgan fingerprint density at radius 1 is 1.09 bits per heavy atom. The largest absolute Gasteiger partial charge is 0.497 e. The number of benzene rings is 1. The molecule has 0 saturated heterocycles. The van der Waals surface area contributed by atoms with Crippen molar-refractivity contribution in [1.29, 1.82) is 0 Å². The maximum absolute atomic E-state index is 6.09. The minimum atomic E-state index is 0.360. The lowest BCUT2D eigenvalue weighted by molar-refractivity contribution is 0.415. The molecule has 1 N–H and O–H groups in total. The van der Waals surface area contributed by atoms with Crippen LogP contribution >= 0.6 is 11.6 Å². The Kier molecular flexibility index (Phi) is 4.16. The van der Waals surface area contributed by atoms with E-state index in [1.54, 1.807) is 25.6 Å². The van der Waals surface area contributed by atoms with Crippen LogP contribution in [0.25, 0.3) is 11.4 Å². The van der Waals surface area contributed by atoms with Gasteiger partial charge in [-0.2, -0.15) is 0 Å². The molecular formula is C16H13ClN4O. The van der Waals surface area contributed by atoms with Gasteiger partial charge < -0.3 is 10.1 Å². The van der Waals surface area contributed by atoms with E-state index in [9.17, 15) is 0 Å². The molecule has 0 fully saturated rings. The Morgan fingerprint density at radius 2 is 2.00 bits per heavy atom. The number of methoxy groups -OCH3 is 1. The molecule has 2 aromatic heterocycles. The number of anilines is 2. The Labute approximate surface area is 133 Å². The molecule has 0 bridgehead atoms. The normalized spacial score (nSPS) is 10.3. The van der Waals surface area contributed by atoms with E-state index in [1.165, 1.54) is 0 Å². The third-order valence-corrected chi connectivity index (χ3v) is 3.15. The summed E-state index contributed by atoms with van der Waals surface area (Å²) < 4.78 is 5.20. The zero-order valence-electron chi connectivity index (χ0n) is 11.8. The van der Waals surface area contributed by atoms with E-state index >= 15 is 0 Å².